The first-order valence-corrected chi connectivity index (χ1v) is 6.66. The zero-order chi connectivity index (χ0) is 22.3. The maximum Gasteiger partial charge on any atom is 2.00 e. The molecular formula is C12H19N3O12Zn. The Kier molecular flexibility index (Phi) is 20.9. The second-order valence-electron chi connectivity index (χ2n) is 4.57. The van der Waals surface area contributed by atoms with Crippen LogP contribution in [-0.4, -0.2) is 69.3 Å². The van der Waals surface area contributed by atoms with Crippen molar-refractivity contribution in [2.45, 2.75) is 37.4 Å². The first kappa shape index (κ1) is 33.0. The molecule has 0 aliphatic carbocycles. The number of aliphatic carboxylic acids is 6. The van der Waals surface area contributed by atoms with Crippen molar-refractivity contribution in [1.82, 2.24) is 0 Å². The summed E-state index contributed by atoms with van der Waals surface area (Å²) < 4.78 is 0. The summed E-state index contributed by atoms with van der Waals surface area (Å²) in [4.78, 5) is 58.4. The topological polar surface area (TPSA) is 310 Å². The zero-order valence-electron chi connectivity index (χ0n) is 15.3. The Morgan fingerprint density at radius 1 is 0.607 bits per heavy atom. The number of hydrogen-bond donors (Lipinski definition) is 6. The molecule has 0 saturated heterocycles. The van der Waals surface area contributed by atoms with E-state index in [1.807, 2.05) is 0 Å². The van der Waals surface area contributed by atoms with Crippen molar-refractivity contribution in [2.75, 3.05) is 0 Å². The fourth-order valence-corrected chi connectivity index (χ4v) is 0.814. The van der Waals surface area contributed by atoms with Crippen LogP contribution in [0, 0.1) is 0 Å². The van der Waals surface area contributed by atoms with Crippen molar-refractivity contribution < 1.29 is 80.3 Å². The Balaban J connectivity index is -0.0000000960. The van der Waals surface area contributed by atoms with Gasteiger partial charge in [0.25, 0.3) is 0 Å². The fourth-order valence-electron chi connectivity index (χ4n) is 0.814. The molecule has 0 bridgehead atoms. The van der Waals surface area contributed by atoms with Gasteiger partial charge in [0, 0.05) is 0 Å². The van der Waals surface area contributed by atoms with Crippen LogP contribution in [0.1, 0.15) is 20.7 Å². The van der Waals surface area contributed by atoms with E-state index < -0.39 is 73.2 Å². The van der Waals surface area contributed by atoms with Gasteiger partial charge >= 0.3 is 38.8 Å². The molecule has 0 radical (unpaired) electrons. The summed E-state index contributed by atoms with van der Waals surface area (Å²) in [6.07, 6.45) is -1.78. The average molecular weight is 463 g/mol. The molecule has 0 amide bonds. The van der Waals surface area contributed by atoms with E-state index >= 15 is 0 Å². The normalized spacial score (nSPS) is 12.1. The van der Waals surface area contributed by atoms with Gasteiger partial charge in [-0.3, -0.25) is 14.4 Å². The average Bonchev–Trinajstić information content (AvgIpc) is 2.46. The standard InChI is InChI=1S/3C4H7NO4.Zn/c3*5-2(4(8)9)1-3(6)7;/h3*2H,1,5H2,(H,6,7)(H,8,9);/q;;;+2/p-2/t3*2-;/m000./s1. The van der Waals surface area contributed by atoms with E-state index in [1.54, 1.807) is 0 Å². The van der Waals surface area contributed by atoms with Crippen molar-refractivity contribution in [1.29, 1.82) is 0 Å². The molecule has 156 valence electrons. The molecule has 15 nitrogen and oxygen atoms in total. The molecule has 0 aromatic rings. The van der Waals surface area contributed by atoms with E-state index in [0.29, 0.717) is 0 Å². The Labute approximate surface area is 171 Å². The Morgan fingerprint density at radius 3 is 0.786 bits per heavy atom. The van der Waals surface area contributed by atoms with Crippen LogP contribution in [0.25, 0.3) is 0 Å². The number of carbonyl (C=O) groups is 6. The van der Waals surface area contributed by atoms with Gasteiger partial charge in [-0.2, -0.15) is 0 Å². The van der Waals surface area contributed by atoms with E-state index in [4.69, 9.17) is 32.5 Å². The number of rotatable bonds is 9. The van der Waals surface area contributed by atoms with Crippen LogP contribution in [0.15, 0.2) is 0 Å². The van der Waals surface area contributed by atoms with Crippen molar-refractivity contribution in [3.63, 3.8) is 0 Å². The van der Waals surface area contributed by atoms with Crippen LogP contribution in [0.4, 0.5) is 0 Å². The van der Waals surface area contributed by atoms with Crippen molar-refractivity contribution in [3.05, 3.63) is 0 Å². The number of carboxylic acids is 6. The van der Waals surface area contributed by atoms with Crippen LogP contribution in [-0.2, 0) is 48.2 Å². The second kappa shape index (κ2) is 17.7. The maximum atomic E-state index is 9.74. The summed E-state index contributed by atoms with van der Waals surface area (Å²) in [5.41, 5.74) is 14.3. The fraction of sp³-hybridized carbons (Fsp3) is 0.500. The molecular weight excluding hydrogens is 444 g/mol. The van der Waals surface area contributed by atoms with E-state index in [2.05, 4.69) is 0 Å². The van der Waals surface area contributed by atoms with Gasteiger partial charge in [-0.05, 0) is 0 Å². The number of hydrogen-bond acceptors (Lipinski definition) is 12. The van der Waals surface area contributed by atoms with Gasteiger partial charge in [0.2, 0.25) is 0 Å². The summed E-state index contributed by atoms with van der Waals surface area (Å²) in [5.74, 6) is -8.36. The first-order valence-electron chi connectivity index (χ1n) is 6.66. The predicted molar refractivity (Wildman–Crippen MR) is 76.8 cm³/mol. The largest absolute Gasteiger partial charge is 2.00 e. The molecule has 0 aliphatic rings. The third kappa shape index (κ3) is 25.6. The van der Waals surface area contributed by atoms with Gasteiger partial charge in [0.1, 0.15) is 0 Å². The van der Waals surface area contributed by atoms with Crippen molar-refractivity contribution in [3.8, 4) is 0 Å². The van der Waals surface area contributed by atoms with Crippen molar-refractivity contribution >= 4 is 35.8 Å². The molecule has 0 heterocycles. The molecule has 0 spiro atoms. The summed E-state index contributed by atoms with van der Waals surface area (Å²) in [6, 6.07) is -4.20. The molecule has 9 N–H and O–H groups in total. The number of carboxylic acid groups (broad SMARTS) is 6. The summed E-state index contributed by atoms with van der Waals surface area (Å²) >= 11 is 0. The van der Waals surface area contributed by atoms with Crippen LogP contribution in [0.3, 0.4) is 0 Å². The van der Waals surface area contributed by atoms with Crippen LogP contribution in [0.5, 0.6) is 0 Å². The summed E-state index contributed by atoms with van der Waals surface area (Å²) in [7, 11) is 0. The molecule has 0 rings (SSSR count). The Morgan fingerprint density at radius 2 is 0.750 bits per heavy atom. The SMILES string of the molecule is N[C@@H](CC(=O)O)C(=O)[O-].N[C@@H](CC(=O)O)C(=O)[O-].N[C@@H](CC(=O)O)C(=O)[O-].[H+].[Zn+2]. The van der Waals surface area contributed by atoms with Gasteiger partial charge in [0.15, 0.2) is 0 Å². The van der Waals surface area contributed by atoms with Crippen LogP contribution < -0.4 is 32.5 Å². The molecule has 0 aromatic carbocycles. The van der Waals surface area contributed by atoms with Gasteiger partial charge in [-0.15, -0.1) is 0 Å². The van der Waals surface area contributed by atoms with Gasteiger partial charge in [0.05, 0.1) is 55.3 Å². The minimum absolute atomic E-state index is 0. The summed E-state index contributed by atoms with van der Waals surface area (Å²) in [6.45, 7) is 0. The quantitative estimate of drug-likeness (QED) is 0.173. The smallest absolute Gasteiger partial charge is 0.548 e. The van der Waals surface area contributed by atoms with Crippen LogP contribution >= 0.6 is 0 Å². The molecule has 16 heteroatoms. The van der Waals surface area contributed by atoms with Crippen molar-refractivity contribution in [2.24, 2.45) is 17.2 Å². The molecule has 28 heavy (non-hydrogen) atoms. The Bertz CT molecular complexity index is 486. The number of carbonyl (C=O) groups excluding carboxylic acids is 3. The van der Waals surface area contributed by atoms with E-state index in [9.17, 15) is 44.1 Å². The molecule has 0 unspecified atom stereocenters. The molecule has 3 atom stereocenters. The summed E-state index contributed by atoms with van der Waals surface area (Å²) in [5, 5.41) is 53.1. The predicted octanol–water partition coefficient (Wildman–Crippen LogP) is -7.28. The third-order valence-electron chi connectivity index (χ3n) is 2.09. The molecule has 0 aromatic heterocycles. The van der Waals surface area contributed by atoms with E-state index in [-0.39, 0.29) is 20.9 Å². The minimum Gasteiger partial charge on any atom is -0.548 e. The molecule has 0 fully saturated rings. The van der Waals surface area contributed by atoms with Gasteiger partial charge in [-0.1, -0.05) is 0 Å². The molecule has 0 aliphatic heterocycles. The first-order chi connectivity index (χ1) is 12.1. The second-order valence-corrected chi connectivity index (χ2v) is 4.57. The monoisotopic (exact) mass is 461 g/mol. The zero-order valence-corrected chi connectivity index (χ0v) is 17.3. The van der Waals surface area contributed by atoms with Gasteiger partial charge < -0.3 is 62.2 Å². The number of nitrogens with two attached hydrogens (primary N) is 3. The van der Waals surface area contributed by atoms with E-state index in [0.717, 1.165) is 0 Å². The molecule has 0 saturated carbocycles. The van der Waals surface area contributed by atoms with E-state index in [1.165, 1.54) is 0 Å². The van der Waals surface area contributed by atoms with Crippen LogP contribution in [0.2, 0.25) is 0 Å². The van der Waals surface area contributed by atoms with Gasteiger partial charge in [-0.25, -0.2) is 0 Å². The minimum atomic E-state index is -1.54. The maximum absolute atomic E-state index is 9.74. The Hall–Kier alpha value is -2.68. The third-order valence-corrected chi connectivity index (χ3v) is 2.09.